The van der Waals surface area contributed by atoms with Crippen LogP contribution in [0, 0.1) is 17.2 Å². The van der Waals surface area contributed by atoms with E-state index in [0.717, 1.165) is 32.5 Å². The molecule has 1 saturated heterocycles. The Morgan fingerprint density at radius 2 is 2.27 bits per heavy atom. The molecule has 0 unspecified atom stereocenters. The van der Waals surface area contributed by atoms with Gasteiger partial charge in [0.05, 0.1) is 6.07 Å². The highest BCUT2D eigenvalue weighted by Crippen LogP contribution is 2.26. The van der Waals surface area contributed by atoms with Crippen LogP contribution in [0.1, 0.15) is 17.7 Å². The lowest BCUT2D eigenvalue weighted by atomic mass is 9.99. The fourth-order valence-corrected chi connectivity index (χ4v) is 3.38. The zero-order valence-corrected chi connectivity index (χ0v) is 10.9. The van der Waals surface area contributed by atoms with E-state index in [2.05, 4.69) is 38.3 Å². The molecule has 2 rings (SSSR count). The summed E-state index contributed by atoms with van der Waals surface area (Å²) in [4.78, 5) is 3.83. The Kier molecular flexibility index (Phi) is 3.79. The summed E-state index contributed by atoms with van der Waals surface area (Å²) in [6, 6.07) is 4.46. The fourth-order valence-electron chi connectivity index (χ4n) is 1.86. The van der Waals surface area contributed by atoms with Crippen LogP contribution in [0.2, 0.25) is 0 Å². The first-order chi connectivity index (χ1) is 7.29. The molecule has 0 radical (unpaired) electrons. The first kappa shape index (κ1) is 11.1. The molecule has 1 aromatic heterocycles. The van der Waals surface area contributed by atoms with E-state index in [-0.39, 0.29) is 5.92 Å². The highest BCUT2D eigenvalue weighted by atomic mass is 79.9. The SMILES string of the molecule is N#CC1CCN(Cc2sccc2Br)CC1. The summed E-state index contributed by atoms with van der Waals surface area (Å²) in [6.07, 6.45) is 2.05. The lowest BCUT2D eigenvalue weighted by molar-refractivity contribution is 0.199. The third-order valence-electron chi connectivity index (χ3n) is 2.83. The molecule has 1 aliphatic rings. The number of thiophene rings is 1. The second kappa shape index (κ2) is 5.11. The normalized spacial score (nSPS) is 18.9. The van der Waals surface area contributed by atoms with Gasteiger partial charge in [0.15, 0.2) is 0 Å². The van der Waals surface area contributed by atoms with Crippen LogP contribution in [0.25, 0.3) is 0 Å². The van der Waals surface area contributed by atoms with Crippen molar-refractivity contribution in [3.8, 4) is 6.07 Å². The molecular weight excluding hydrogens is 272 g/mol. The van der Waals surface area contributed by atoms with E-state index in [1.807, 2.05) is 0 Å². The summed E-state index contributed by atoms with van der Waals surface area (Å²) in [5.74, 6) is 0.285. The molecule has 0 N–H and O–H groups in total. The lowest BCUT2D eigenvalue weighted by Gasteiger charge is -2.28. The number of halogens is 1. The summed E-state index contributed by atoms with van der Waals surface area (Å²) < 4.78 is 1.22. The maximum atomic E-state index is 8.80. The predicted molar refractivity (Wildman–Crippen MR) is 65.6 cm³/mol. The number of likely N-dealkylation sites (tertiary alicyclic amines) is 1. The number of rotatable bonds is 2. The van der Waals surface area contributed by atoms with Crippen molar-refractivity contribution >= 4 is 27.3 Å². The molecule has 0 aromatic carbocycles. The van der Waals surface area contributed by atoms with Crippen molar-refractivity contribution < 1.29 is 0 Å². The summed E-state index contributed by atoms with van der Waals surface area (Å²) in [5.41, 5.74) is 0. The van der Waals surface area contributed by atoms with Gasteiger partial charge in [-0.15, -0.1) is 11.3 Å². The molecule has 0 bridgehead atoms. The molecule has 4 heteroatoms. The van der Waals surface area contributed by atoms with Crippen LogP contribution in [0.3, 0.4) is 0 Å². The number of hydrogen-bond donors (Lipinski definition) is 0. The zero-order valence-electron chi connectivity index (χ0n) is 8.45. The minimum absolute atomic E-state index is 0.285. The van der Waals surface area contributed by atoms with E-state index in [9.17, 15) is 0 Å². The van der Waals surface area contributed by atoms with Crippen molar-refractivity contribution in [2.24, 2.45) is 5.92 Å². The largest absolute Gasteiger partial charge is 0.298 e. The average Bonchev–Trinajstić information content (AvgIpc) is 2.66. The molecule has 1 fully saturated rings. The van der Waals surface area contributed by atoms with E-state index in [0.29, 0.717) is 0 Å². The number of nitrogens with zero attached hydrogens (tertiary/aromatic N) is 2. The molecule has 2 heterocycles. The van der Waals surface area contributed by atoms with Crippen molar-refractivity contribution in [2.75, 3.05) is 13.1 Å². The molecule has 15 heavy (non-hydrogen) atoms. The molecule has 0 saturated carbocycles. The van der Waals surface area contributed by atoms with Crippen molar-refractivity contribution in [1.82, 2.24) is 4.90 Å². The van der Waals surface area contributed by atoms with Gasteiger partial charge in [0, 0.05) is 21.8 Å². The molecule has 0 aliphatic carbocycles. The molecule has 80 valence electrons. The van der Waals surface area contributed by atoms with Gasteiger partial charge < -0.3 is 0 Å². The van der Waals surface area contributed by atoms with Crippen molar-refractivity contribution in [1.29, 1.82) is 5.26 Å². The van der Waals surface area contributed by atoms with Gasteiger partial charge in [0.25, 0.3) is 0 Å². The second-order valence-corrected chi connectivity index (χ2v) is 5.73. The summed E-state index contributed by atoms with van der Waals surface area (Å²) >= 11 is 5.35. The maximum Gasteiger partial charge on any atom is 0.0656 e. The smallest absolute Gasteiger partial charge is 0.0656 e. The van der Waals surface area contributed by atoms with Gasteiger partial charge in [-0.1, -0.05) is 0 Å². The molecule has 0 spiro atoms. The zero-order chi connectivity index (χ0) is 10.7. The van der Waals surface area contributed by atoms with Crippen LogP contribution in [-0.2, 0) is 6.54 Å². The Morgan fingerprint density at radius 3 is 2.80 bits per heavy atom. The molecule has 1 aliphatic heterocycles. The van der Waals surface area contributed by atoms with Crippen LogP contribution in [0.15, 0.2) is 15.9 Å². The van der Waals surface area contributed by atoms with Gasteiger partial charge in [0.2, 0.25) is 0 Å². The first-order valence-corrected chi connectivity index (χ1v) is 6.80. The number of nitriles is 1. The Morgan fingerprint density at radius 1 is 1.53 bits per heavy atom. The molecule has 2 nitrogen and oxygen atoms in total. The topological polar surface area (TPSA) is 27.0 Å². The predicted octanol–water partition coefficient (Wildman–Crippen LogP) is 3.25. The van der Waals surface area contributed by atoms with Crippen LogP contribution < -0.4 is 0 Å². The van der Waals surface area contributed by atoms with Crippen molar-refractivity contribution in [3.05, 3.63) is 20.8 Å². The fraction of sp³-hybridized carbons (Fsp3) is 0.545. The minimum Gasteiger partial charge on any atom is -0.298 e. The van der Waals surface area contributed by atoms with Gasteiger partial charge in [-0.05, 0) is 53.3 Å². The standard InChI is InChI=1S/C11H13BrN2S/c12-10-3-6-15-11(10)8-14-4-1-9(7-13)2-5-14/h3,6,9H,1-2,4-5,8H2. The van der Waals surface area contributed by atoms with E-state index in [1.165, 1.54) is 9.35 Å². The highest BCUT2D eigenvalue weighted by molar-refractivity contribution is 9.10. The monoisotopic (exact) mass is 284 g/mol. The maximum absolute atomic E-state index is 8.80. The molecule has 1 aromatic rings. The van der Waals surface area contributed by atoms with E-state index >= 15 is 0 Å². The van der Waals surface area contributed by atoms with Crippen LogP contribution in [0.4, 0.5) is 0 Å². The van der Waals surface area contributed by atoms with Crippen LogP contribution in [0.5, 0.6) is 0 Å². The van der Waals surface area contributed by atoms with Gasteiger partial charge in [-0.3, -0.25) is 4.90 Å². The number of piperidine rings is 1. The second-order valence-electron chi connectivity index (χ2n) is 3.87. The van der Waals surface area contributed by atoms with E-state index < -0.39 is 0 Å². The summed E-state index contributed by atoms with van der Waals surface area (Å²) in [7, 11) is 0. The van der Waals surface area contributed by atoms with Gasteiger partial charge >= 0.3 is 0 Å². The van der Waals surface area contributed by atoms with Gasteiger partial charge in [-0.2, -0.15) is 5.26 Å². The Bertz CT molecular complexity index is 361. The first-order valence-electron chi connectivity index (χ1n) is 5.13. The Balaban J connectivity index is 1.88. The number of hydrogen-bond acceptors (Lipinski definition) is 3. The Hall–Kier alpha value is -0.370. The third-order valence-corrected chi connectivity index (χ3v) is 4.74. The third kappa shape index (κ3) is 2.81. The van der Waals surface area contributed by atoms with Crippen molar-refractivity contribution in [3.63, 3.8) is 0 Å². The quantitative estimate of drug-likeness (QED) is 0.834. The lowest BCUT2D eigenvalue weighted by Crippen LogP contribution is -2.32. The van der Waals surface area contributed by atoms with Gasteiger partial charge in [0.1, 0.15) is 0 Å². The molecule has 0 atom stereocenters. The average molecular weight is 285 g/mol. The van der Waals surface area contributed by atoms with E-state index in [1.54, 1.807) is 11.3 Å². The Labute approximate surface area is 103 Å². The summed E-state index contributed by atoms with van der Waals surface area (Å²) in [5, 5.41) is 10.9. The minimum atomic E-state index is 0.285. The van der Waals surface area contributed by atoms with Crippen molar-refractivity contribution in [2.45, 2.75) is 19.4 Å². The molecule has 0 amide bonds. The highest BCUT2D eigenvalue weighted by Gasteiger charge is 2.19. The van der Waals surface area contributed by atoms with Crippen LogP contribution in [-0.4, -0.2) is 18.0 Å². The van der Waals surface area contributed by atoms with Crippen LogP contribution >= 0.6 is 27.3 Å². The summed E-state index contributed by atoms with van der Waals surface area (Å²) in [6.45, 7) is 3.14. The molecular formula is C11H13BrN2S. The van der Waals surface area contributed by atoms with E-state index in [4.69, 9.17) is 5.26 Å². The van der Waals surface area contributed by atoms with Gasteiger partial charge in [-0.25, -0.2) is 0 Å².